The summed E-state index contributed by atoms with van der Waals surface area (Å²) in [7, 11) is -2.23. The summed E-state index contributed by atoms with van der Waals surface area (Å²) < 4.78 is 132. The number of amides is 1. The fraction of sp³-hybridized carbons (Fsp3) is 0.342. The van der Waals surface area contributed by atoms with Crippen molar-refractivity contribution in [3.63, 3.8) is 0 Å². The van der Waals surface area contributed by atoms with Crippen molar-refractivity contribution in [2.45, 2.75) is 49.5 Å². The molecule has 1 aliphatic heterocycles. The molecule has 1 amide bonds. The number of anilines is 2. The van der Waals surface area contributed by atoms with Crippen molar-refractivity contribution in [2.75, 3.05) is 29.0 Å². The number of thiazole rings is 1. The van der Waals surface area contributed by atoms with E-state index in [9.17, 15) is 40.3 Å². The molecule has 3 N–H and O–H groups in total. The molecule has 0 bridgehead atoms. The van der Waals surface area contributed by atoms with E-state index in [1.807, 2.05) is 4.90 Å². The molecule has 2 aromatic carbocycles. The number of carbonyl (C=O) groups excluding carboxylic acids is 1. The monoisotopic (exact) mass is 875 g/mol. The number of nitrogens with one attached hydrogen (secondary N) is 2. The number of carbonyl (C=O) groups is 1. The number of aryl methyl sites for hydroxylation is 1. The zero-order valence-corrected chi connectivity index (χ0v) is 33.2. The van der Waals surface area contributed by atoms with Crippen LogP contribution >= 0.6 is 11.3 Å². The van der Waals surface area contributed by atoms with E-state index in [4.69, 9.17) is 4.98 Å². The molecule has 5 heterocycles. The highest BCUT2D eigenvalue weighted by Gasteiger charge is 2.71. The van der Waals surface area contributed by atoms with Gasteiger partial charge in [0.15, 0.2) is 22.3 Å². The number of pyridine rings is 1. The largest absolute Gasteiger partial charge is 0.435 e. The van der Waals surface area contributed by atoms with Gasteiger partial charge in [0.05, 0.1) is 52.8 Å². The molecule has 1 saturated heterocycles. The summed E-state index contributed by atoms with van der Waals surface area (Å²) in [6.07, 6.45) is -4.54. The van der Waals surface area contributed by atoms with Gasteiger partial charge in [-0.3, -0.25) is 18.9 Å². The number of hydrogen-bond donors (Lipinski definition) is 3. The Bertz CT molecular complexity index is 2910. The maximum absolute atomic E-state index is 15.6. The van der Waals surface area contributed by atoms with Crippen LogP contribution in [0.2, 0.25) is 0 Å². The van der Waals surface area contributed by atoms with E-state index in [1.165, 1.54) is 16.0 Å². The molecule has 0 spiro atoms. The molecule has 0 radical (unpaired) electrons. The lowest BCUT2D eigenvalue weighted by molar-refractivity contribution is -0.142. The molecule has 22 heteroatoms. The molecular formula is C38H32F7N9O4S2. The van der Waals surface area contributed by atoms with Crippen LogP contribution in [0.3, 0.4) is 0 Å². The van der Waals surface area contributed by atoms with Crippen molar-refractivity contribution in [1.29, 1.82) is 0 Å². The van der Waals surface area contributed by atoms with Crippen LogP contribution in [0.4, 0.5) is 41.7 Å². The van der Waals surface area contributed by atoms with Crippen molar-refractivity contribution >= 4 is 59.5 Å². The second kappa shape index (κ2) is 13.2. The predicted octanol–water partition coefficient (Wildman–Crippen LogP) is 6.16. The third-order valence-electron chi connectivity index (χ3n) is 10.8. The SMILES string of the molecule is C=C1[C@@H]2c3c(C(F)(F)F)nn(CC(=O)N[C@@H](Cc4cc(F)cc(F)c4)c4nc5nc(N6CC(C)(O)C6)sc5cc4-c4cccc5c(NS(C)(=O)=O)nn(C)c45)c3C(F)(F)[C@H]12. The minimum Gasteiger partial charge on any atom is -0.386 e. The molecule has 0 unspecified atom stereocenters. The Balaban J connectivity index is 1.19. The van der Waals surface area contributed by atoms with Gasteiger partial charge >= 0.3 is 6.18 Å². The third kappa shape index (κ3) is 6.73. The number of aliphatic hydroxyl groups is 1. The highest BCUT2D eigenvalue weighted by Crippen LogP contribution is 2.71. The fourth-order valence-electron chi connectivity index (χ4n) is 8.46. The second-order valence-electron chi connectivity index (χ2n) is 15.7. The molecule has 13 nitrogen and oxygen atoms in total. The van der Waals surface area contributed by atoms with Crippen molar-refractivity contribution in [3.8, 4) is 11.1 Å². The van der Waals surface area contributed by atoms with Crippen LogP contribution in [0.5, 0.6) is 0 Å². The molecule has 2 aliphatic carbocycles. The highest BCUT2D eigenvalue weighted by atomic mass is 32.2. The van der Waals surface area contributed by atoms with Crippen LogP contribution in [0.15, 0.2) is 54.6 Å². The topological polar surface area (TPSA) is 160 Å². The van der Waals surface area contributed by atoms with Crippen LogP contribution in [0.25, 0.3) is 32.4 Å². The number of rotatable bonds is 10. The first-order valence-electron chi connectivity index (χ1n) is 18.2. The van der Waals surface area contributed by atoms with E-state index in [2.05, 4.69) is 31.8 Å². The average Bonchev–Trinajstić information content (AvgIpc) is 3.43. The Morgan fingerprint density at radius 2 is 1.78 bits per heavy atom. The Hall–Kier alpha value is -5.61. The summed E-state index contributed by atoms with van der Waals surface area (Å²) in [5, 5.41) is 21.8. The normalized spacial score (nSPS) is 19.6. The number of β-amino-alcohol motifs (C(OH)–C–C–N with tert-alkyl or cyclic N) is 1. The lowest BCUT2D eigenvalue weighted by Crippen LogP contribution is -2.60. The van der Waals surface area contributed by atoms with Crippen LogP contribution < -0.4 is 14.9 Å². The lowest BCUT2D eigenvalue weighted by atomic mass is 9.94. The van der Waals surface area contributed by atoms with E-state index >= 15 is 8.78 Å². The van der Waals surface area contributed by atoms with E-state index in [0.717, 1.165) is 18.4 Å². The van der Waals surface area contributed by atoms with Gasteiger partial charge in [0.1, 0.15) is 23.9 Å². The summed E-state index contributed by atoms with van der Waals surface area (Å²) in [4.78, 5) is 25.4. The number of aromatic nitrogens is 6. The summed E-state index contributed by atoms with van der Waals surface area (Å²) >= 11 is 1.24. The third-order valence-corrected chi connectivity index (χ3v) is 12.4. The van der Waals surface area contributed by atoms with Crippen LogP contribution in [0, 0.1) is 17.6 Å². The summed E-state index contributed by atoms with van der Waals surface area (Å²) in [6, 6.07) is 7.91. The molecule has 2 fully saturated rings. The van der Waals surface area contributed by atoms with Crippen LogP contribution in [-0.2, 0) is 46.9 Å². The molecule has 314 valence electrons. The van der Waals surface area contributed by atoms with E-state index in [-0.39, 0.29) is 47.8 Å². The molecule has 9 rings (SSSR count). The predicted molar refractivity (Wildman–Crippen MR) is 206 cm³/mol. The first-order valence-corrected chi connectivity index (χ1v) is 20.9. The number of halogens is 7. The van der Waals surface area contributed by atoms with Gasteiger partial charge in [0, 0.05) is 41.1 Å². The highest BCUT2D eigenvalue weighted by molar-refractivity contribution is 7.92. The molecule has 4 aromatic heterocycles. The van der Waals surface area contributed by atoms with Gasteiger partial charge in [-0.25, -0.2) is 22.2 Å². The van der Waals surface area contributed by atoms with Crippen LogP contribution in [0.1, 0.15) is 47.1 Å². The molecule has 6 aromatic rings. The molecule has 3 aliphatic rings. The zero-order valence-electron chi connectivity index (χ0n) is 31.6. The number of hydrogen-bond acceptors (Lipinski definition) is 10. The van der Waals surface area contributed by atoms with E-state index < -0.39 is 86.6 Å². The first-order chi connectivity index (χ1) is 28.0. The fourth-order valence-corrected chi connectivity index (χ4v) is 9.91. The number of allylic oxidation sites excluding steroid dienone is 1. The summed E-state index contributed by atoms with van der Waals surface area (Å²) in [5.74, 6) is -9.63. The van der Waals surface area contributed by atoms with Crippen molar-refractivity contribution in [2.24, 2.45) is 13.0 Å². The standard InChI is InChI=1S/C38H32F7N9O4S2/c1-16-26-27-31(38(43,44)45)49-54(32(27)37(41,42)28(16)26)13-25(55)46-23(10-17-8-18(39)11-19(40)9-17)29-22(12-24-34(47-29)48-35(59-24)53-14-36(2,56)15-53)20-6-5-7-21-30(20)52(3)50-33(21)51-60(4,57)58/h5-9,11-12,23,26,28,56H,1,10,13-15H2,2-4H3,(H,46,55)(H,50,51)/t23-,26+,28+/m0/s1. The molecular weight excluding hydrogens is 844 g/mol. The zero-order chi connectivity index (χ0) is 43.0. The van der Waals surface area contributed by atoms with Gasteiger partial charge in [0.2, 0.25) is 15.9 Å². The summed E-state index contributed by atoms with van der Waals surface area (Å²) in [5.41, 5.74) is -3.01. The summed E-state index contributed by atoms with van der Waals surface area (Å²) in [6.45, 7) is 4.61. The van der Waals surface area contributed by atoms with Crippen LogP contribution in [-0.4, -0.2) is 73.9 Å². The Kier molecular flexibility index (Phi) is 8.76. The number of benzene rings is 2. The Morgan fingerprint density at radius 1 is 1.08 bits per heavy atom. The number of para-hydroxylation sites is 1. The molecule has 3 atom stereocenters. The van der Waals surface area contributed by atoms with Crippen molar-refractivity contribution in [1.82, 2.24) is 34.8 Å². The minimum absolute atomic E-state index is 0.000401. The smallest absolute Gasteiger partial charge is 0.386 e. The number of fused-ring (bicyclic) bond motifs is 5. The second-order valence-corrected chi connectivity index (χ2v) is 18.4. The number of alkyl halides is 5. The van der Waals surface area contributed by atoms with E-state index in [1.54, 1.807) is 38.2 Å². The Morgan fingerprint density at radius 3 is 2.43 bits per heavy atom. The van der Waals surface area contributed by atoms with Gasteiger partial charge in [0.25, 0.3) is 5.92 Å². The number of sulfonamides is 1. The van der Waals surface area contributed by atoms with Gasteiger partial charge in [-0.15, -0.1) is 0 Å². The lowest BCUT2D eigenvalue weighted by Gasteiger charge is -2.43. The first kappa shape index (κ1) is 39.8. The van der Waals surface area contributed by atoms with Crippen molar-refractivity contribution < 1.29 is 49.1 Å². The molecule has 60 heavy (non-hydrogen) atoms. The Labute approximate surface area is 339 Å². The van der Waals surface area contributed by atoms with Gasteiger partial charge in [-0.05, 0) is 43.2 Å². The number of nitrogens with zero attached hydrogens (tertiary/aromatic N) is 7. The van der Waals surface area contributed by atoms with Gasteiger partial charge < -0.3 is 15.3 Å². The van der Waals surface area contributed by atoms with Crippen molar-refractivity contribution in [3.05, 3.63) is 94.5 Å². The maximum Gasteiger partial charge on any atom is 0.435 e. The molecule has 1 saturated carbocycles. The van der Waals surface area contributed by atoms with Gasteiger partial charge in [-0.2, -0.15) is 37.1 Å². The maximum atomic E-state index is 15.6. The quantitative estimate of drug-likeness (QED) is 0.108. The minimum atomic E-state index is -5.13. The van der Waals surface area contributed by atoms with E-state index in [0.29, 0.717) is 42.6 Å². The average molecular weight is 876 g/mol. The van der Waals surface area contributed by atoms with Gasteiger partial charge in [-0.1, -0.05) is 35.6 Å².